The van der Waals surface area contributed by atoms with E-state index in [0.717, 1.165) is 36.6 Å². The highest BCUT2D eigenvalue weighted by molar-refractivity contribution is 5.79. The number of benzene rings is 1. The zero-order valence-electron chi connectivity index (χ0n) is 13.3. The van der Waals surface area contributed by atoms with Crippen LogP contribution in [0.2, 0.25) is 0 Å². The third-order valence-electron chi connectivity index (χ3n) is 4.63. The van der Waals surface area contributed by atoms with Crippen molar-refractivity contribution < 1.29 is 14.3 Å². The summed E-state index contributed by atoms with van der Waals surface area (Å²) in [4.78, 5) is 14.5. The Morgan fingerprint density at radius 2 is 2.05 bits per heavy atom. The van der Waals surface area contributed by atoms with Crippen LogP contribution < -0.4 is 15.2 Å². The molecule has 1 amide bonds. The Balaban J connectivity index is 1.67. The number of piperidine rings is 1. The molecule has 1 unspecified atom stereocenters. The van der Waals surface area contributed by atoms with E-state index in [1.807, 2.05) is 23.1 Å². The van der Waals surface area contributed by atoms with E-state index in [2.05, 4.69) is 13.8 Å². The maximum Gasteiger partial charge on any atom is 0.227 e. The minimum Gasteiger partial charge on any atom is -0.486 e. The lowest BCUT2D eigenvalue weighted by molar-refractivity contribution is -0.133. The zero-order chi connectivity index (χ0) is 15.7. The topological polar surface area (TPSA) is 64.8 Å². The second kappa shape index (κ2) is 5.80. The van der Waals surface area contributed by atoms with Gasteiger partial charge < -0.3 is 20.1 Å². The molecule has 0 aromatic heterocycles. The molecule has 120 valence electrons. The molecule has 2 aliphatic heterocycles. The lowest BCUT2D eigenvalue weighted by atomic mass is 9.79. The van der Waals surface area contributed by atoms with Gasteiger partial charge in [0, 0.05) is 19.1 Å². The number of hydrogen-bond acceptors (Lipinski definition) is 4. The van der Waals surface area contributed by atoms with Gasteiger partial charge in [-0.05, 0) is 29.5 Å². The molecule has 0 radical (unpaired) electrons. The summed E-state index contributed by atoms with van der Waals surface area (Å²) >= 11 is 0. The number of nitrogens with zero attached hydrogens (tertiary/aromatic N) is 1. The van der Waals surface area contributed by atoms with E-state index in [1.54, 1.807) is 0 Å². The van der Waals surface area contributed by atoms with Crippen LogP contribution in [0.5, 0.6) is 11.5 Å². The maximum atomic E-state index is 12.5. The van der Waals surface area contributed by atoms with Crippen LogP contribution >= 0.6 is 0 Å². The monoisotopic (exact) mass is 304 g/mol. The van der Waals surface area contributed by atoms with Crippen molar-refractivity contribution in [2.24, 2.45) is 11.1 Å². The Morgan fingerprint density at radius 3 is 2.77 bits per heavy atom. The average Bonchev–Trinajstić information content (AvgIpc) is 2.49. The minimum absolute atomic E-state index is 0.0271. The Morgan fingerprint density at radius 1 is 1.32 bits per heavy atom. The second-order valence-electron chi connectivity index (χ2n) is 6.85. The van der Waals surface area contributed by atoms with Gasteiger partial charge in [0.25, 0.3) is 0 Å². The van der Waals surface area contributed by atoms with Crippen LogP contribution in [-0.2, 0) is 11.2 Å². The van der Waals surface area contributed by atoms with Crippen LogP contribution in [0.3, 0.4) is 0 Å². The molecule has 22 heavy (non-hydrogen) atoms. The van der Waals surface area contributed by atoms with Gasteiger partial charge in [0.15, 0.2) is 11.5 Å². The molecule has 0 bridgehead atoms. The highest BCUT2D eigenvalue weighted by Gasteiger charge is 2.35. The van der Waals surface area contributed by atoms with Crippen molar-refractivity contribution in [3.8, 4) is 11.5 Å². The fourth-order valence-corrected chi connectivity index (χ4v) is 3.07. The molecule has 1 saturated heterocycles. The minimum atomic E-state index is -0.0271. The molecule has 0 aliphatic carbocycles. The fraction of sp³-hybridized carbons (Fsp3) is 0.588. The number of fused-ring (bicyclic) bond motifs is 1. The van der Waals surface area contributed by atoms with E-state index in [0.29, 0.717) is 19.6 Å². The first kappa shape index (κ1) is 15.2. The number of likely N-dealkylation sites (tertiary alicyclic amines) is 1. The first-order valence-corrected chi connectivity index (χ1v) is 7.87. The molecule has 2 aliphatic rings. The van der Waals surface area contributed by atoms with Crippen LogP contribution in [0.25, 0.3) is 0 Å². The van der Waals surface area contributed by atoms with Crippen LogP contribution in [0.1, 0.15) is 25.8 Å². The zero-order valence-corrected chi connectivity index (χ0v) is 13.3. The summed E-state index contributed by atoms with van der Waals surface area (Å²) in [7, 11) is 0. The molecule has 5 heteroatoms. The van der Waals surface area contributed by atoms with Gasteiger partial charge in [0.05, 0.1) is 6.42 Å². The predicted octanol–water partition coefficient (Wildman–Crippen LogP) is 1.59. The summed E-state index contributed by atoms with van der Waals surface area (Å²) in [6.07, 6.45) is 1.25. The summed E-state index contributed by atoms with van der Waals surface area (Å²) < 4.78 is 11.1. The molecule has 2 N–H and O–H groups in total. The lowest BCUT2D eigenvalue weighted by Gasteiger charge is -2.42. The van der Waals surface area contributed by atoms with Gasteiger partial charge in [-0.2, -0.15) is 0 Å². The normalized spacial score (nSPS) is 23.2. The van der Waals surface area contributed by atoms with Gasteiger partial charge in [-0.3, -0.25) is 4.79 Å². The third-order valence-corrected chi connectivity index (χ3v) is 4.63. The Labute approximate surface area is 131 Å². The molecule has 0 spiro atoms. The Bertz CT molecular complexity index is 571. The van der Waals surface area contributed by atoms with Crippen molar-refractivity contribution in [2.45, 2.75) is 32.7 Å². The molecular formula is C17H24N2O3. The number of carbonyl (C=O) groups excluding carboxylic acids is 1. The summed E-state index contributed by atoms with van der Waals surface area (Å²) in [5.41, 5.74) is 7.07. The van der Waals surface area contributed by atoms with Gasteiger partial charge in [-0.1, -0.05) is 19.9 Å². The molecule has 1 aromatic carbocycles. The van der Waals surface area contributed by atoms with Crippen molar-refractivity contribution in [3.63, 3.8) is 0 Å². The van der Waals surface area contributed by atoms with Gasteiger partial charge >= 0.3 is 0 Å². The summed E-state index contributed by atoms with van der Waals surface area (Å²) in [5.74, 6) is 1.64. The maximum absolute atomic E-state index is 12.5. The third kappa shape index (κ3) is 3.04. The van der Waals surface area contributed by atoms with Crippen LogP contribution in [0.15, 0.2) is 18.2 Å². The van der Waals surface area contributed by atoms with Gasteiger partial charge in [0.1, 0.15) is 13.2 Å². The van der Waals surface area contributed by atoms with E-state index < -0.39 is 0 Å². The number of carbonyl (C=O) groups is 1. The van der Waals surface area contributed by atoms with Crippen molar-refractivity contribution >= 4 is 5.91 Å². The summed E-state index contributed by atoms with van der Waals surface area (Å²) in [6.45, 7) is 6.85. The molecule has 1 fully saturated rings. The number of hydrogen-bond donors (Lipinski definition) is 1. The first-order valence-electron chi connectivity index (χ1n) is 7.87. The second-order valence-corrected chi connectivity index (χ2v) is 6.85. The molecule has 5 nitrogen and oxygen atoms in total. The molecule has 1 aromatic rings. The van der Waals surface area contributed by atoms with Gasteiger partial charge in [-0.25, -0.2) is 0 Å². The van der Waals surface area contributed by atoms with Gasteiger partial charge in [0.2, 0.25) is 5.91 Å². The number of amides is 1. The average molecular weight is 304 g/mol. The standard InChI is InChI=1S/C17H24N2O3/c1-17(2)11-19(6-5-15(17)18)16(20)10-12-3-4-13-14(9-12)22-8-7-21-13/h3-4,9,15H,5-8,10-11,18H2,1-2H3. The summed E-state index contributed by atoms with van der Waals surface area (Å²) in [6, 6.07) is 5.89. The number of rotatable bonds is 2. The van der Waals surface area contributed by atoms with Crippen LogP contribution in [0.4, 0.5) is 0 Å². The first-order chi connectivity index (χ1) is 10.5. The quantitative estimate of drug-likeness (QED) is 0.901. The predicted molar refractivity (Wildman–Crippen MR) is 84.1 cm³/mol. The van der Waals surface area contributed by atoms with Crippen LogP contribution in [-0.4, -0.2) is 43.2 Å². The SMILES string of the molecule is CC1(C)CN(C(=O)Cc2ccc3c(c2)OCCO3)CCC1N. The van der Waals surface area contributed by atoms with E-state index in [1.165, 1.54) is 0 Å². The number of nitrogens with two attached hydrogens (primary N) is 1. The van der Waals surface area contributed by atoms with E-state index in [9.17, 15) is 4.79 Å². The Hall–Kier alpha value is -1.75. The van der Waals surface area contributed by atoms with Crippen LogP contribution in [0, 0.1) is 5.41 Å². The van der Waals surface area contributed by atoms with Gasteiger partial charge in [-0.15, -0.1) is 0 Å². The highest BCUT2D eigenvalue weighted by atomic mass is 16.6. The molecule has 0 saturated carbocycles. The number of ether oxygens (including phenoxy) is 2. The van der Waals surface area contributed by atoms with E-state index in [-0.39, 0.29) is 17.4 Å². The van der Waals surface area contributed by atoms with Crippen molar-refractivity contribution in [1.82, 2.24) is 4.90 Å². The molecule has 1 atom stereocenters. The van der Waals surface area contributed by atoms with Crippen molar-refractivity contribution in [1.29, 1.82) is 0 Å². The van der Waals surface area contributed by atoms with Crippen molar-refractivity contribution in [3.05, 3.63) is 23.8 Å². The van der Waals surface area contributed by atoms with Crippen molar-refractivity contribution in [2.75, 3.05) is 26.3 Å². The summed E-state index contributed by atoms with van der Waals surface area (Å²) in [5, 5.41) is 0. The largest absolute Gasteiger partial charge is 0.486 e. The van der Waals surface area contributed by atoms with E-state index in [4.69, 9.17) is 15.2 Å². The van der Waals surface area contributed by atoms with E-state index >= 15 is 0 Å². The molecule has 3 rings (SSSR count). The lowest BCUT2D eigenvalue weighted by Crippen LogP contribution is -2.54. The Kier molecular flexibility index (Phi) is 4.00. The highest BCUT2D eigenvalue weighted by Crippen LogP contribution is 2.32. The fourth-order valence-electron chi connectivity index (χ4n) is 3.07. The molecular weight excluding hydrogens is 280 g/mol. The smallest absolute Gasteiger partial charge is 0.227 e. The molecule has 2 heterocycles.